The molecule has 0 atom stereocenters. The van der Waals surface area contributed by atoms with Crippen LogP contribution in [-0.2, 0) is 0 Å². The van der Waals surface area contributed by atoms with Crippen molar-refractivity contribution >= 4 is 17.9 Å². The Bertz CT molecular complexity index is 476. The van der Waals surface area contributed by atoms with Gasteiger partial charge >= 0.3 is 0 Å². The Morgan fingerprint density at radius 3 is 2.30 bits per heavy atom. The highest BCUT2D eigenvalue weighted by atomic mass is 16.6. The first kappa shape index (κ1) is 17.5. The number of nitrogens with zero attached hydrogens (tertiary/aromatic N) is 3. The maximum Gasteiger partial charge on any atom is 0.294 e. The second kappa shape index (κ2) is 8.59. The van der Waals surface area contributed by atoms with Crippen LogP contribution in [0.3, 0.4) is 0 Å². The molecule has 0 saturated heterocycles. The fourth-order valence-electron chi connectivity index (χ4n) is 1.27. The smallest absolute Gasteiger partial charge is 0.294 e. The molecule has 0 spiro atoms. The number of nitro groups is 1. The molecule has 110 valence electrons. The van der Waals surface area contributed by atoms with Crippen LogP contribution in [0.4, 0.5) is 5.69 Å². The summed E-state index contributed by atoms with van der Waals surface area (Å²) in [5.41, 5.74) is 0.106. The molecule has 8 nitrogen and oxygen atoms in total. The van der Waals surface area contributed by atoms with Gasteiger partial charge in [0.05, 0.1) is 24.6 Å². The van der Waals surface area contributed by atoms with E-state index in [-0.39, 0.29) is 11.3 Å². The summed E-state index contributed by atoms with van der Waals surface area (Å²) in [4.78, 5) is 12.6. The van der Waals surface area contributed by atoms with E-state index >= 15 is 0 Å². The van der Waals surface area contributed by atoms with Crippen LogP contribution in [0, 0.1) is 20.7 Å². The third-order valence-corrected chi connectivity index (χ3v) is 2.25. The van der Waals surface area contributed by atoms with Crippen molar-refractivity contribution in [3.63, 3.8) is 0 Å². The van der Waals surface area contributed by atoms with Crippen LogP contribution >= 0.6 is 0 Å². The monoisotopic (exact) mass is 281 g/mol. The fourth-order valence-corrected chi connectivity index (χ4v) is 1.27. The van der Waals surface area contributed by atoms with Crippen molar-refractivity contribution in [1.82, 2.24) is 4.90 Å². The highest BCUT2D eigenvalue weighted by Gasteiger charge is 2.08. The SMILES string of the molecule is CN(C)C(=N)[NH+](C)C.O=[N+]([O-])c1ccccc1C=N[O-]. The second-order valence-electron chi connectivity index (χ2n) is 4.29. The van der Waals surface area contributed by atoms with Gasteiger partial charge in [0.15, 0.2) is 0 Å². The average molecular weight is 281 g/mol. The predicted molar refractivity (Wildman–Crippen MR) is 78.3 cm³/mol. The van der Waals surface area contributed by atoms with Crippen LogP contribution in [0.5, 0.6) is 0 Å². The molecule has 1 aromatic carbocycles. The zero-order chi connectivity index (χ0) is 15.7. The number of hydrogen-bond acceptors (Lipinski definition) is 5. The van der Waals surface area contributed by atoms with Gasteiger partial charge in [-0.25, -0.2) is 5.41 Å². The van der Waals surface area contributed by atoms with Crippen LogP contribution in [-0.4, -0.2) is 50.2 Å². The number of hydrogen-bond donors (Lipinski definition) is 2. The normalized spacial score (nSPS) is 10.1. The summed E-state index contributed by atoms with van der Waals surface area (Å²) in [5.74, 6) is 0.602. The molecule has 0 aliphatic heterocycles. The molecule has 0 aromatic heterocycles. The number of rotatable bonds is 2. The number of benzene rings is 1. The second-order valence-corrected chi connectivity index (χ2v) is 4.29. The standard InChI is InChI=1S/C7H6N2O3.C5H13N3/c10-8-5-6-3-1-2-4-7(6)9(11)12;1-7(2)5(6)8(3)4/h1-5,10H;6H,1-4H3. The third kappa shape index (κ3) is 5.91. The van der Waals surface area contributed by atoms with Gasteiger partial charge in [-0.05, 0) is 6.07 Å². The summed E-state index contributed by atoms with van der Waals surface area (Å²) in [5, 5.41) is 29.9. The lowest BCUT2D eigenvalue weighted by Crippen LogP contribution is -3.10. The molecule has 0 bridgehead atoms. The largest absolute Gasteiger partial charge is 0.792 e. The summed E-state index contributed by atoms with van der Waals surface area (Å²) in [7, 11) is 7.61. The van der Waals surface area contributed by atoms with Gasteiger partial charge in [-0.1, -0.05) is 12.1 Å². The highest BCUT2D eigenvalue weighted by Crippen LogP contribution is 2.14. The van der Waals surface area contributed by atoms with Gasteiger partial charge in [0.1, 0.15) is 0 Å². The van der Waals surface area contributed by atoms with Crippen LogP contribution in [0.1, 0.15) is 5.56 Å². The number of nitrogens with one attached hydrogen (secondary N) is 2. The van der Waals surface area contributed by atoms with Crippen LogP contribution < -0.4 is 4.90 Å². The highest BCUT2D eigenvalue weighted by molar-refractivity contribution is 5.85. The van der Waals surface area contributed by atoms with Crippen molar-refractivity contribution in [3.8, 4) is 0 Å². The van der Waals surface area contributed by atoms with E-state index in [4.69, 9.17) is 5.41 Å². The molecule has 0 aliphatic carbocycles. The van der Waals surface area contributed by atoms with E-state index in [1.54, 1.807) is 11.0 Å². The molecule has 0 saturated carbocycles. The summed E-state index contributed by atoms with van der Waals surface area (Å²) in [6.07, 6.45) is 0.915. The minimum atomic E-state index is -0.559. The molecular formula is C12H19N5O3. The van der Waals surface area contributed by atoms with Crippen LogP contribution in [0.2, 0.25) is 0 Å². The van der Waals surface area contributed by atoms with Crippen LogP contribution in [0.15, 0.2) is 29.4 Å². The van der Waals surface area contributed by atoms with Crippen LogP contribution in [0.25, 0.3) is 0 Å². The lowest BCUT2D eigenvalue weighted by molar-refractivity contribution is -0.765. The molecular weight excluding hydrogens is 262 g/mol. The van der Waals surface area contributed by atoms with Crippen molar-refractivity contribution in [1.29, 1.82) is 5.41 Å². The zero-order valence-electron chi connectivity index (χ0n) is 12.0. The molecule has 0 fully saturated rings. The number of quaternary nitrogens is 1. The zero-order valence-corrected chi connectivity index (χ0v) is 12.0. The Hall–Kier alpha value is -2.48. The first-order valence-corrected chi connectivity index (χ1v) is 5.76. The molecule has 0 radical (unpaired) electrons. The third-order valence-electron chi connectivity index (χ3n) is 2.25. The summed E-state index contributed by atoms with van der Waals surface area (Å²) in [6.45, 7) is 0. The van der Waals surface area contributed by atoms with Crippen molar-refractivity contribution in [2.75, 3.05) is 28.2 Å². The Labute approximate surface area is 117 Å². The summed E-state index contributed by atoms with van der Waals surface area (Å²) >= 11 is 0. The summed E-state index contributed by atoms with van der Waals surface area (Å²) < 4.78 is 0. The van der Waals surface area contributed by atoms with Crippen molar-refractivity contribution in [2.45, 2.75) is 0 Å². The fraction of sp³-hybridized carbons (Fsp3) is 0.333. The lowest BCUT2D eigenvalue weighted by atomic mass is 10.2. The molecule has 1 aromatic rings. The minimum Gasteiger partial charge on any atom is -0.792 e. The molecule has 1 rings (SSSR count). The van der Waals surface area contributed by atoms with Gasteiger partial charge in [0.25, 0.3) is 11.6 Å². The van der Waals surface area contributed by atoms with Crippen molar-refractivity contribution in [2.24, 2.45) is 5.16 Å². The Morgan fingerprint density at radius 2 is 1.95 bits per heavy atom. The van der Waals surface area contributed by atoms with Gasteiger partial charge in [0.2, 0.25) is 0 Å². The number of para-hydroxylation sites is 1. The Balaban J connectivity index is 0.000000396. The van der Waals surface area contributed by atoms with Crippen molar-refractivity contribution in [3.05, 3.63) is 45.2 Å². The van der Waals surface area contributed by atoms with E-state index in [1.807, 2.05) is 28.2 Å². The van der Waals surface area contributed by atoms with Crippen molar-refractivity contribution < 1.29 is 9.82 Å². The van der Waals surface area contributed by atoms with E-state index in [0.717, 1.165) is 11.1 Å². The Morgan fingerprint density at radius 1 is 1.40 bits per heavy atom. The number of nitro benzene ring substituents is 1. The first-order valence-electron chi connectivity index (χ1n) is 5.76. The van der Waals surface area contributed by atoms with Gasteiger partial charge < -0.3 is 15.3 Å². The maximum absolute atomic E-state index is 10.3. The van der Waals surface area contributed by atoms with E-state index in [1.165, 1.54) is 18.2 Å². The van der Waals surface area contributed by atoms with E-state index in [2.05, 4.69) is 5.16 Å². The molecule has 0 unspecified atom stereocenters. The van der Waals surface area contributed by atoms with E-state index < -0.39 is 4.92 Å². The number of guanidine groups is 1. The average Bonchev–Trinajstić information content (AvgIpc) is 2.39. The lowest BCUT2D eigenvalue weighted by Gasteiger charge is -2.14. The predicted octanol–water partition coefficient (Wildman–Crippen LogP) is 0.139. The first-order chi connectivity index (χ1) is 9.31. The Kier molecular flexibility index (Phi) is 7.53. The van der Waals surface area contributed by atoms with Gasteiger partial charge in [0, 0.05) is 26.4 Å². The molecule has 2 N–H and O–H groups in total. The van der Waals surface area contributed by atoms with Gasteiger partial charge in [-0.15, -0.1) is 0 Å². The minimum absolute atomic E-state index is 0.114. The maximum atomic E-state index is 10.3. The van der Waals surface area contributed by atoms with Gasteiger partial charge in [-0.2, -0.15) is 0 Å². The quantitative estimate of drug-likeness (QED) is 0.347. The molecule has 20 heavy (non-hydrogen) atoms. The molecule has 0 amide bonds. The molecule has 8 heteroatoms. The summed E-state index contributed by atoms with van der Waals surface area (Å²) in [6, 6.07) is 5.90. The molecule has 0 heterocycles. The topological polar surface area (TPSA) is 110 Å². The molecule has 0 aliphatic rings. The van der Waals surface area contributed by atoms with Gasteiger partial charge in [-0.3, -0.25) is 15.0 Å². The van der Waals surface area contributed by atoms with E-state index in [0.29, 0.717) is 5.96 Å². The van der Waals surface area contributed by atoms with E-state index in [9.17, 15) is 15.3 Å².